The molecule has 1 N–H and O–H groups in total. The SMILES string of the molecule is C=C(CCCCCCCCC)CCc1ccc(O)c(OC)c1. The average Bonchev–Trinajstić information content (AvgIpc) is 2.53. The van der Waals surface area contributed by atoms with Gasteiger partial charge in [-0.1, -0.05) is 63.7 Å². The zero-order valence-corrected chi connectivity index (χ0v) is 14.4. The highest BCUT2D eigenvalue weighted by Gasteiger charge is 2.03. The molecule has 1 aromatic rings. The molecule has 0 radical (unpaired) electrons. The Labute approximate surface area is 136 Å². The molecule has 0 bridgehead atoms. The van der Waals surface area contributed by atoms with Crippen LogP contribution in [0, 0.1) is 0 Å². The van der Waals surface area contributed by atoms with Gasteiger partial charge in [0.15, 0.2) is 11.5 Å². The van der Waals surface area contributed by atoms with Crippen LogP contribution in [0.5, 0.6) is 11.5 Å². The molecule has 0 amide bonds. The molecule has 22 heavy (non-hydrogen) atoms. The summed E-state index contributed by atoms with van der Waals surface area (Å²) in [5.41, 5.74) is 2.52. The lowest BCUT2D eigenvalue weighted by molar-refractivity contribution is 0.373. The van der Waals surface area contributed by atoms with Crippen molar-refractivity contribution < 1.29 is 9.84 Å². The minimum atomic E-state index is 0.202. The van der Waals surface area contributed by atoms with Gasteiger partial charge in [-0.3, -0.25) is 0 Å². The van der Waals surface area contributed by atoms with Crippen LogP contribution >= 0.6 is 0 Å². The fraction of sp³-hybridized carbons (Fsp3) is 0.600. The molecule has 0 aromatic heterocycles. The smallest absolute Gasteiger partial charge is 0.160 e. The van der Waals surface area contributed by atoms with E-state index in [1.807, 2.05) is 12.1 Å². The van der Waals surface area contributed by atoms with E-state index in [9.17, 15) is 5.11 Å². The van der Waals surface area contributed by atoms with Gasteiger partial charge in [0, 0.05) is 0 Å². The van der Waals surface area contributed by atoms with Crippen molar-refractivity contribution in [2.24, 2.45) is 0 Å². The molecule has 0 aliphatic heterocycles. The second-order valence-corrected chi connectivity index (χ2v) is 6.13. The number of allylic oxidation sites excluding steroid dienone is 1. The summed E-state index contributed by atoms with van der Waals surface area (Å²) in [6.45, 7) is 6.45. The largest absolute Gasteiger partial charge is 0.504 e. The highest BCUT2D eigenvalue weighted by atomic mass is 16.5. The number of benzene rings is 1. The third-order valence-electron chi connectivity index (χ3n) is 4.15. The molecule has 0 atom stereocenters. The molecular weight excluding hydrogens is 272 g/mol. The second kappa shape index (κ2) is 11.2. The molecular formula is C20H32O2. The number of methoxy groups -OCH3 is 1. The first-order valence-electron chi connectivity index (χ1n) is 8.70. The maximum atomic E-state index is 9.59. The maximum Gasteiger partial charge on any atom is 0.160 e. The molecule has 0 saturated heterocycles. The first-order valence-corrected chi connectivity index (χ1v) is 8.70. The topological polar surface area (TPSA) is 29.5 Å². The molecule has 0 saturated carbocycles. The lowest BCUT2D eigenvalue weighted by Gasteiger charge is -2.08. The van der Waals surface area contributed by atoms with Gasteiger partial charge in [0.25, 0.3) is 0 Å². The van der Waals surface area contributed by atoms with Gasteiger partial charge in [0.05, 0.1) is 7.11 Å². The molecule has 0 spiro atoms. The number of rotatable bonds is 12. The van der Waals surface area contributed by atoms with Crippen molar-refractivity contribution >= 4 is 0 Å². The van der Waals surface area contributed by atoms with E-state index >= 15 is 0 Å². The summed E-state index contributed by atoms with van der Waals surface area (Å²) in [6, 6.07) is 5.57. The quantitative estimate of drug-likeness (QED) is 0.377. The minimum absolute atomic E-state index is 0.202. The van der Waals surface area contributed by atoms with Crippen LogP contribution in [0.3, 0.4) is 0 Å². The Morgan fingerprint density at radius 2 is 1.73 bits per heavy atom. The zero-order chi connectivity index (χ0) is 16.2. The van der Waals surface area contributed by atoms with E-state index in [-0.39, 0.29) is 5.75 Å². The summed E-state index contributed by atoms with van der Waals surface area (Å²) in [5, 5.41) is 9.59. The van der Waals surface area contributed by atoms with E-state index in [0.717, 1.165) is 19.3 Å². The van der Waals surface area contributed by atoms with Gasteiger partial charge in [0.2, 0.25) is 0 Å². The van der Waals surface area contributed by atoms with Crippen LogP contribution < -0.4 is 4.74 Å². The molecule has 2 heteroatoms. The Kier molecular flexibility index (Phi) is 9.45. The number of aromatic hydroxyl groups is 1. The van der Waals surface area contributed by atoms with Crippen molar-refractivity contribution in [1.29, 1.82) is 0 Å². The van der Waals surface area contributed by atoms with E-state index in [4.69, 9.17) is 4.74 Å². The Hall–Kier alpha value is -1.44. The fourth-order valence-corrected chi connectivity index (χ4v) is 2.66. The minimum Gasteiger partial charge on any atom is -0.504 e. The number of phenols is 1. The van der Waals surface area contributed by atoms with Crippen LogP contribution in [0.1, 0.15) is 70.3 Å². The number of unbranched alkanes of at least 4 members (excludes halogenated alkanes) is 6. The number of phenolic OH excluding ortho intramolecular Hbond substituents is 1. The van der Waals surface area contributed by atoms with Crippen LogP contribution in [0.15, 0.2) is 30.4 Å². The second-order valence-electron chi connectivity index (χ2n) is 6.13. The third kappa shape index (κ3) is 7.53. The van der Waals surface area contributed by atoms with Gasteiger partial charge < -0.3 is 9.84 Å². The van der Waals surface area contributed by atoms with E-state index in [1.165, 1.54) is 56.1 Å². The molecule has 1 aromatic carbocycles. The summed E-state index contributed by atoms with van der Waals surface area (Å²) >= 11 is 0. The van der Waals surface area contributed by atoms with Crippen LogP contribution in [0.4, 0.5) is 0 Å². The normalized spacial score (nSPS) is 10.6. The zero-order valence-electron chi connectivity index (χ0n) is 14.4. The van der Waals surface area contributed by atoms with Crippen LogP contribution in [-0.4, -0.2) is 12.2 Å². The molecule has 0 unspecified atom stereocenters. The molecule has 0 heterocycles. The lowest BCUT2D eigenvalue weighted by Crippen LogP contribution is -1.91. The first kappa shape index (κ1) is 18.6. The average molecular weight is 304 g/mol. The molecule has 124 valence electrons. The maximum absolute atomic E-state index is 9.59. The van der Waals surface area contributed by atoms with Crippen LogP contribution in [0.25, 0.3) is 0 Å². The fourth-order valence-electron chi connectivity index (χ4n) is 2.66. The molecule has 1 rings (SSSR count). The highest BCUT2D eigenvalue weighted by molar-refractivity contribution is 5.41. The van der Waals surface area contributed by atoms with Crippen LogP contribution in [0.2, 0.25) is 0 Å². The number of aryl methyl sites for hydroxylation is 1. The van der Waals surface area contributed by atoms with Gasteiger partial charge in [-0.05, 0) is 43.4 Å². The Morgan fingerprint density at radius 3 is 2.41 bits per heavy atom. The molecule has 0 aliphatic rings. The van der Waals surface area contributed by atoms with Crippen LogP contribution in [-0.2, 0) is 6.42 Å². The predicted octanol–water partition coefficient (Wildman–Crippen LogP) is 6.03. The molecule has 2 nitrogen and oxygen atoms in total. The summed E-state index contributed by atoms with van der Waals surface area (Å²) in [4.78, 5) is 0. The summed E-state index contributed by atoms with van der Waals surface area (Å²) < 4.78 is 5.14. The summed E-state index contributed by atoms with van der Waals surface area (Å²) in [7, 11) is 1.58. The van der Waals surface area contributed by atoms with Gasteiger partial charge in [-0.15, -0.1) is 0 Å². The number of ether oxygens (including phenoxy) is 1. The van der Waals surface area contributed by atoms with Crippen molar-refractivity contribution in [3.05, 3.63) is 35.9 Å². The van der Waals surface area contributed by atoms with Crippen molar-refractivity contribution in [2.45, 2.75) is 71.1 Å². The standard InChI is InChI=1S/C20H32O2/c1-4-5-6-7-8-9-10-11-17(2)12-13-18-14-15-19(21)20(16-18)22-3/h14-16,21H,2,4-13H2,1,3H3. The van der Waals surface area contributed by atoms with E-state index in [1.54, 1.807) is 13.2 Å². The van der Waals surface area contributed by atoms with E-state index < -0.39 is 0 Å². The number of hydrogen-bond acceptors (Lipinski definition) is 2. The van der Waals surface area contributed by atoms with Crippen molar-refractivity contribution in [2.75, 3.05) is 7.11 Å². The van der Waals surface area contributed by atoms with Gasteiger partial charge in [-0.2, -0.15) is 0 Å². The summed E-state index contributed by atoms with van der Waals surface area (Å²) in [6.07, 6.45) is 12.6. The number of hydrogen-bond donors (Lipinski definition) is 1. The third-order valence-corrected chi connectivity index (χ3v) is 4.15. The van der Waals surface area contributed by atoms with Gasteiger partial charge >= 0.3 is 0 Å². The Bertz CT molecular complexity index is 437. The monoisotopic (exact) mass is 304 g/mol. The highest BCUT2D eigenvalue weighted by Crippen LogP contribution is 2.27. The lowest BCUT2D eigenvalue weighted by atomic mass is 10.00. The molecule has 0 aliphatic carbocycles. The first-order chi connectivity index (χ1) is 10.7. The molecule has 0 fully saturated rings. The Balaban J connectivity index is 2.15. The predicted molar refractivity (Wildman–Crippen MR) is 94.7 cm³/mol. The van der Waals surface area contributed by atoms with Gasteiger partial charge in [-0.25, -0.2) is 0 Å². The summed E-state index contributed by atoms with van der Waals surface area (Å²) in [5.74, 6) is 0.753. The van der Waals surface area contributed by atoms with Gasteiger partial charge in [0.1, 0.15) is 0 Å². The van der Waals surface area contributed by atoms with Crippen molar-refractivity contribution in [1.82, 2.24) is 0 Å². The van der Waals surface area contributed by atoms with Crippen molar-refractivity contribution in [3.8, 4) is 11.5 Å². The van der Waals surface area contributed by atoms with E-state index in [2.05, 4.69) is 13.5 Å². The van der Waals surface area contributed by atoms with Crippen molar-refractivity contribution in [3.63, 3.8) is 0 Å². The Morgan fingerprint density at radius 1 is 1.05 bits per heavy atom. The van der Waals surface area contributed by atoms with E-state index in [0.29, 0.717) is 5.75 Å².